The quantitative estimate of drug-likeness (QED) is 0.150. The van der Waals surface area contributed by atoms with Gasteiger partial charge in [0.2, 0.25) is 5.91 Å². The van der Waals surface area contributed by atoms with Crippen molar-refractivity contribution in [3.63, 3.8) is 0 Å². The van der Waals surface area contributed by atoms with Gasteiger partial charge in [0.25, 0.3) is 0 Å². The average molecular weight is 645 g/mol. The Balaban J connectivity index is 1.07. The van der Waals surface area contributed by atoms with E-state index in [-0.39, 0.29) is 17.6 Å². The normalized spacial score (nSPS) is 15.8. The number of nitrogens with zero attached hydrogens (tertiary/aromatic N) is 5. The highest BCUT2D eigenvalue weighted by atomic mass is 19.1. The largest absolute Gasteiger partial charge is 0.492 e. The summed E-state index contributed by atoms with van der Waals surface area (Å²) in [6.45, 7) is 3.54. The van der Waals surface area contributed by atoms with Crippen LogP contribution in [0.4, 0.5) is 10.1 Å². The highest BCUT2D eigenvalue weighted by molar-refractivity contribution is 6.00. The zero-order valence-corrected chi connectivity index (χ0v) is 26.6. The second kappa shape index (κ2) is 13.2. The Bertz CT molecular complexity index is 2090. The molecular formula is C37H37FN8O2. The molecule has 48 heavy (non-hydrogen) atoms. The molecule has 5 aromatic heterocycles. The van der Waals surface area contributed by atoms with E-state index in [2.05, 4.69) is 40.3 Å². The molecule has 1 saturated carbocycles. The third kappa shape index (κ3) is 6.25. The number of hydrogen-bond acceptors (Lipinski definition) is 7. The molecule has 1 aliphatic carbocycles. The van der Waals surface area contributed by atoms with Gasteiger partial charge in [-0.05, 0) is 86.3 Å². The standard InChI is InChI=1S/C37H37FN8O2/c38-26-14-24(16-28(17-26)48-13-12-46-10-4-5-11-46)29-8-9-40-36-30(29)18-33(43-36)35-31-19-32(41-22-34(31)44-45-35)25-15-27(21-39-20-25)42-37(47)23-6-2-1-3-7-23/h8-9,14-23H,1-7,10-13H2,(H,40,43)(H,42,47)(H,44,45). The molecule has 244 valence electrons. The first-order chi connectivity index (χ1) is 23.6. The molecular weight excluding hydrogens is 607 g/mol. The Morgan fingerprint density at radius 3 is 2.69 bits per heavy atom. The topological polar surface area (TPSA) is 125 Å². The SMILES string of the molecule is O=C(Nc1cncc(-c2cc3c(-c4cc5c(-c6cc(F)cc(OCCN7CCCC7)c6)ccnc5[nH]4)n[nH]c3cn2)c1)C1CCCCC1. The van der Waals surface area contributed by atoms with Crippen molar-refractivity contribution in [2.75, 3.05) is 31.6 Å². The van der Waals surface area contributed by atoms with Crippen molar-refractivity contribution >= 4 is 33.5 Å². The van der Waals surface area contributed by atoms with Crippen LogP contribution in [0.15, 0.2) is 67.3 Å². The fourth-order valence-electron chi connectivity index (χ4n) is 7.04. The molecule has 6 aromatic rings. The number of anilines is 1. The Labute approximate surface area is 277 Å². The van der Waals surface area contributed by atoms with Crippen LogP contribution < -0.4 is 10.1 Å². The summed E-state index contributed by atoms with van der Waals surface area (Å²) in [4.78, 5) is 32.3. The van der Waals surface area contributed by atoms with Crippen molar-refractivity contribution in [3.8, 4) is 39.5 Å². The van der Waals surface area contributed by atoms with E-state index in [0.29, 0.717) is 40.6 Å². The van der Waals surface area contributed by atoms with Crippen LogP contribution in [0.2, 0.25) is 0 Å². The van der Waals surface area contributed by atoms with Crippen LogP contribution in [0.3, 0.4) is 0 Å². The first-order valence-electron chi connectivity index (χ1n) is 16.8. The van der Waals surface area contributed by atoms with Crippen LogP contribution in [0, 0.1) is 11.7 Å². The van der Waals surface area contributed by atoms with Gasteiger partial charge in [-0.2, -0.15) is 5.10 Å². The number of carbonyl (C=O) groups excluding carboxylic acids is 1. The number of pyridine rings is 3. The average Bonchev–Trinajstić information content (AvgIpc) is 3.88. The number of carbonyl (C=O) groups is 1. The number of aromatic nitrogens is 6. The summed E-state index contributed by atoms with van der Waals surface area (Å²) in [6, 6.07) is 12.6. The molecule has 1 aromatic carbocycles. The van der Waals surface area contributed by atoms with Gasteiger partial charge in [0.15, 0.2) is 0 Å². The summed E-state index contributed by atoms with van der Waals surface area (Å²) >= 11 is 0. The number of ether oxygens (including phenoxy) is 1. The third-order valence-electron chi connectivity index (χ3n) is 9.57. The lowest BCUT2D eigenvalue weighted by atomic mass is 9.88. The molecule has 1 saturated heterocycles. The van der Waals surface area contributed by atoms with Crippen LogP contribution in [0.25, 0.3) is 55.7 Å². The van der Waals surface area contributed by atoms with Crippen LogP contribution in [0.1, 0.15) is 44.9 Å². The summed E-state index contributed by atoms with van der Waals surface area (Å²) in [5.74, 6) is 0.267. The number of benzene rings is 1. The Morgan fingerprint density at radius 1 is 0.938 bits per heavy atom. The number of H-pyrrole nitrogens is 2. The van der Waals surface area contributed by atoms with E-state index in [0.717, 1.165) is 78.4 Å². The number of aromatic amines is 2. The van der Waals surface area contributed by atoms with Gasteiger partial charge >= 0.3 is 0 Å². The molecule has 0 bridgehead atoms. The van der Waals surface area contributed by atoms with E-state index in [4.69, 9.17) is 4.74 Å². The highest BCUT2D eigenvalue weighted by Crippen LogP contribution is 2.36. The van der Waals surface area contributed by atoms with Gasteiger partial charge < -0.3 is 15.0 Å². The second-order valence-corrected chi connectivity index (χ2v) is 12.9. The maximum absolute atomic E-state index is 14.8. The lowest BCUT2D eigenvalue weighted by molar-refractivity contribution is -0.120. The Morgan fingerprint density at radius 2 is 1.81 bits per heavy atom. The monoisotopic (exact) mass is 644 g/mol. The lowest BCUT2D eigenvalue weighted by Gasteiger charge is -2.20. The number of likely N-dealkylation sites (tertiary alicyclic amines) is 1. The summed E-state index contributed by atoms with van der Waals surface area (Å²) in [7, 11) is 0. The van der Waals surface area contributed by atoms with Crippen LogP contribution >= 0.6 is 0 Å². The third-order valence-corrected chi connectivity index (χ3v) is 9.57. The zero-order valence-electron chi connectivity index (χ0n) is 26.6. The molecule has 11 heteroatoms. The summed E-state index contributed by atoms with van der Waals surface area (Å²) in [6.07, 6.45) is 14.6. The minimum atomic E-state index is -0.352. The number of rotatable bonds is 9. The van der Waals surface area contributed by atoms with Gasteiger partial charge in [-0.15, -0.1) is 0 Å². The first-order valence-corrected chi connectivity index (χ1v) is 16.8. The summed E-state index contributed by atoms with van der Waals surface area (Å²) < 4.78 is 20.8. The fraction of sp³-hybridized carbons (Fsp3) is 0.324. The molecule has 10 nitrogen and oxygen atoms in total. The molecule has 0 radical (unpaired) electrons. The van der Waals surface area contributed by atoms with Gasteiger partial charge in [-0.1, -0.05) is 19.3 Å². The van der Waals surface area contributed by atoms with Crippen molar-refractivity contribution in [1.82, 2.24) is 35.0 Å². The van der Waals surface area contributed by atoms with Gasteiger partial charge in [-0.3, -0.25) is 24.8 Å². The number of halogens is 1. The van der Waals surface area contributed by atoms with Gasteiger partial charge in [0.05, 0.1) is 35.0 Å². The zero-order chi connectivity index (χ0) is 32.5. The van der Waals surface area contributed by atoms with Crippen molar-refractivity contribution in [1.29, 1.82) is 0 Å². The number of hydrogen-bond donors (Lipinski definition) is 3. The van der Waals surface area contributed by atoms with Crippen molar-refractivity contribution in [2.24, 2.45) is 5.92 Å². The molecule has 6 heterocycles. The smallest absolute Gasteiger partial charge is 0.227 e. The van der Waals surface area contributed by atoms with Gasteiger partial charge in [0.1, 0.15) is 29.5 Å². The van der Waals surface area contributed by atoms with Crippen molar-refractivity contribution in [3.05, 3.63) is 73.1 Å². The van der Waals surface area contributed by atoms with Crippen LogP contribution in [-0.4, -0.2) is 67.2 Å². The van der Waals surface area contributed by atoms with E-state index >= 15 is 0 Å². The molecule has 1 aliphatic heterocycles. The second-order valence-electron chi connectivity index (χ2n) is 12.9. The molecule has 1 amide bonds. The minimum absolute atomic E-state index is 0.0533. The number of nitrogens with one attached hydrogen (secondary N) is 3. The van der Waals surface area contributed by atoms with Gasteiger partial charge in [-0.25, -0.2) is 9.37 Å². The lowest BCUT2D eigenvalue weighted by Crippen LogP contribution is -2.25. The van der Waals surface area contributed by atoms with E-state index in [1.807, 2.05) is 30.3 Å². The van der Waals surface area contributed by atoms with E-state index in [9.17, 15) is 9.18 Å². The summed E-state index contributed by atoms with van der Waals surface area (Å²) in [5, 5.41) is 12.5. The predicted octanol–water partition coefficient (Wildman–Crippen LogP) is 7.36. The first kappa shape index (κ1) is 30.2. The molecule has 8 rings (SSSR count). The van der Waals surface area contributed by atoms with Crippen LogP contribution in [-0.2, 0) is 4.79 Å². The predicted molar refractivity (Wildman–Crippen MR) is 184 cm³/mol. The highest BCUT2D eigenvalue weighted by Gasteiger charge is 2.22. The molecule has 2 fully saturated rings. The Kier molecular flexibility index (Phi) is 8.27. The van der Waals surface area contributed by atoms with Crippen LogP contribution in [0.5, 0.6) is 5.75 Å². The molecule has 0 unspecified atom stereocenters. The van der Waals surface area contributed by atoms with E-state index in [1.165, 1.54) is 31.4 Å². The molecule has 0 spiro atoms. The van der Waals surface area contributed by atoms with Crippen molar-refractivity contribution < 1.29 is 13.9 Å². The maximum Gasteiger partial charge on any atom is 0.227 e. The minimum Gasteiger partial charge on any atom is -0.492 e. The maximum atomic E-state index is 14.8. The molecule has 2 aliphatic rings. The summed E-state index contributed by atoms with van der Waals surface area (Å²) in [5.41, 5.74) is 6.61. The van der Waals surface area contributed by atoms with E-state index < -0.39 is 0 Å². The van der Waals surface area contributed by atoms with E-state index in [1.54, 1.807) is 24.8 Å². The van der Waals surface area contributed by atoms with Crippen molar-refractivity contribution in [2.45, 2.75) is 44.9 Å². The fourth-order valence-corrected chi connectivity index (χ4v) is 7.04. The molecule has 0 atom stereocenters. The number of fused-ring (bicyclic) bond motifs is 2. The number of amides is 1. The van der Waals surface area contributed by atoms with Gasteiger partial charge in [0, 0.05) is 47.3 Å². The Hall–Kier alpha value is -5.16. The molecule has 3 N–H and O–H groups in total.